The topological polar surface area (TPSA) is 50.4 Å². The molecule has 0 saturated carbocycles. The Balaban J connectivity index is 3.07. The predicted octanol–water partition coefficient (Wildman–Crippen LogP) is 2.48. The number of hydrogen-bond acceptors (Lipinski definition) is 3. The number of carbonyl (C=O) groups is 1. The first-order valence-electron chi connectivity index (χ1n) is 7.77. The van der Waals surface area contributed by atoms with Crippen molar-refractivity contribution < 1.29 is 9.53 Å². The van der Waals surface area contributed by atoms with Crippen LogP contribution in [0.4, 0.5) is 0 Å². The molecule has 0 bridgehead atoms. The van der Waals surface area contributed by atoms with E-state index < -0.39 is 0 Å². The zero-order valence-electron chi connectivity index (χ0n) is 12.8. The first kappa shape index (κ1) is 18.4. The fourth-order valence-corrected chi connectivity index (χ4v) is 1.94. The largest absolute Gasteiger partial charge is 0.383 e. The molecular weight excluding hydrogens is 240 g/mol. The highest BCUT2D eigenvalue weighted by molar-refractivity contribution is 5.77. The summed E-state index contributed by atoms with van der Waals surface area (Å²) in [5.41, 5.74) is 0. The Hall–Kier alpha value is -0.610. The van der Waals surface area contributed by atoms with Crippen molar-refractivity contribution in [2.45, 2.75) is 58.3 Å². The van der Waals surface area contributed by atoms with Crippen LogP contribution in [0, 0.1) is 0 Å². The lowest BCUT2D eigenvalue weighted by Crippen LogP contribution is -2.35. The van der Waals surface area contributed by atoms with Crippen LogP contribution in [0.25, 0.3) is 0 Å². The minimum absolute atomic E-state index is 0.0524. The van der Waals surface area contributed by atoms with E-state index in [1.807, 2.05) is 0 Å². The van der Waals surface area contributed by atoms with Crippen LogP contribution in [-0.2, 0) is 9.53 Å². The summed E-state index contributed by atoms with van der Waals surface area (Å²) in [6, 6.07) is 0. The zero-order valence-corrected chi connectivity index (χ0v) is 12.8. The Labute approximate surface area is 118 Å². The third kappa shape index (κ3) is 15.3. The van der Waals surface area contributed by atoms with Gasteiger partial charge in [0, 0.05) is 13.7 Å². The van der Waals surface area contributed by atoms with E-state index in [4.69, 9.17) is 4.74 Å². The van der Waals surface area contributed by atoms with Crippen molar-refractivity contribution in [1.82, 2.24) is 10.6 Å². The molecule has 4 heteroatoms. The van der Waals surface area contributed by atoms with Gasteiger partial charge < -0.3 is 15.4 Å². The van der Waals surface area contributed by atoms with E-state index in [-0.39, 0.29) is 5.91 Å². The maximum Gasteiger partial charge on any atom is 0.234 e. The first-order chi connectivity index (χ1) is 9.31. The first-order valence-corrected chi connectivity index (χ1v) is 7.77. The van der Waals surface area contributed by atoms with Crippen LogP contribution >= 0.6 is 0 Å². The van der Waals surface area contributed by atoms with E-state index in [9.17, 15) is 4.79 Å². The van der Waals surface area contributed by atoms with Crippen LogP contribution in [-0.4, -0.2) is 39.3 Å². The van der Waals surface area contributed by atoms with Crippen molar-refractivity contribution in [3.63, 3.8) is 0 Å². The lowest BCUT2D eigenvalue weighted by molar-refractivity contribution is -0.120. The number of hydrogen-bond donors (Lipinski definition) is 2. The highest BCUT2D eigenvalue weighted by atomic mass is 16.5. The molecule has 2 N–H and O–H groups in total. The minimum Gasteiger partial charge on any atom is -0.383 e. The van der Waals surface area contributed by atoms with Gasteiger partial charge in [-0.1, -0.05) is 51.9 Å². The Kier molecular flexibility index (Phi) is 15.0. The van der Waals surface area contributed by atoms with Gasteiger partial charge in [-0.25, -0.2) is 0 Å². The molecule has 0 rings (SSSR count). The maximum absolute atomic E-state index is 11.3. The monoisotopic (exact) mass is 272 g/mol. The number of methoxy groups -OCH3 is 1. The number of rotatable bonds is 14. The highest BCUT2D eigenvalue weighted by Gasteiger charge is 1.98. The highest BCUT2D eigenvalue weighted by Crippen LogP contribution is 2.07. The Bertz CT molecular complexity index is 199. The van der Waals surface area contributed by atoms with E-state index in [0.717, 1.165) is 6.54 Å². The number of unbranched alkanes of at least 4 members (excludes halogenated alkanes) is 7. The maximum atomic E-state index is 11.3. The van der Waals surface area contributed by atoms with Crippen LogP contribution in [0.1, 0.15) is 58.3 Å². The summed E-state index contributed by atoms with van der Waals surface area (Å²) in [7, 11) is 1.63. The average Bonchev–Trinajstić information content (AvgIpc) is 2.41. The van der Waals surface area contributed by atoms with E-state index >= 15 is 0 Å². The van der Waals surface area contributed by atoms with E-state index in [1.54, 1.807) is 7.11 Å². The third-order valence-corrected chi connectivity index (χ3v) is 3.12. The molecule has 0 unspecified atom stereocenters. The van der Waals surface area contributed by atoms with Gasteiger partial charge in [0.1, 0.15) is 0 Å². The van der Waals surface area contributed by atoms with Crippen molar-refractivity contribution in [2.75, 3.05) is 33.4 Å². The quantitative estimate of drug-likeness (QED) is 0.478. The minimum atomic E-state index is 0.0524. The van der Waals surface area contributed by atoms with Gasteiger partial charge in [-0.05, 0) is 13.0 Å². The summed E-state index contributed by atoms with van der Waals surface area (Å²) >= 11 is 0. The van der Waals surface area contributed by atoms with Gasteiger partial charge in [0.2, 0.25) is 5.91 Å². The molecule has 0 aromatic heterocycles. The van der Waals surface area contributed by atoms with Gasteiger partial charge in [0.25, 0.3) is 0 Å². The molecule has 19 heavy (non-hydrogen) atoms. The number of ether oxygens (including phenoxy) is 1. The molecular formula is C15H32N2O2. The molecule has 0 aromatic rings. The second-order valence-corrected chi connectivity index (χ2v) is 4.99. The van der Waals surface area contributed by atoms with Gasteiger partial charge in [-0.2, -0.15) is 0 Å². The fraction of sp³-hybridized carbons (Fsp3) is 0.933. The second-order valence-electron chi connectivity index (χ2n) is 4.99. The normalized spacial score (nSPS) is 10.6. The SMILES string of the molecule is CCCCCCCCCCNCC(=O)NCCOC. The summed E-state index contributed by atoms with van der Waals surface area (Å²) in [6.45, 7) is 4.77. The molecule has 0 aromatic carbocycles. The fourth-order valence-electron chi connectivity index (χ4n) is 1.94. The molecule has 1 amide bonds. The van der Waals surface area contributed by atoms with E-state index in [0.29, 0.717) is 19.7 Å². The average molecular weight is 272 g/mol. The molecule has 0 radical (unpaired) electrons. The van der Waals surface area contributed by atoms with Crippen LogP contribution < -0.4 is 10.6 Å². The summed E-state index contributed by atoms with van der Waals surface area (Å²) in [5.74, 6) is 0.0524. The van der Waals surface area contributed by atoms with Crippen molar-refractivity contribution in [3.05, 3.63) is 0 Å². The van der Waals surface area contributed by atoms with Gasteiger partial charge >= 0.3 is 0 Å². The Morgan fingerprint density at radius 1 is 0.947 bits per heavy atom. The van der Waals surface area contributed by atoms with Gasteiger partial charge in [0.05, 0.1) is 13.2 Å². The molecule has 114 valence electrons. The molecule has 0 saturated heterocycles. The number of nitrogens with one attached hydrogen (secondary N) is 2. The summed E-state index contributed by atoms with van der Waals surface area (Å²) in [5, 5.41) is 5.96. The molecule has 0 aliphatic heterocycles. The van der Waals surface area contributed by atoms with Gasteiger partial charge in [-0.15, -0.1) is 0 Å². The van der Waals surface area contributed by atoms with Crippen molar-refractivity contribution in [1.29, 1.82) is 0 Å². The third-order valence-electron chi connectivity index (χ3n) is 3.12. The van der Waals surface area contributed by atoms with Gasteiger partial charge in [-0.3, -0.25) is 4.79 Å². The Morgan fingerprint density at radius 3 is 2.21 bits per heavy atom. The van der Waals surface area contributed by atoms with Crippen LogP contribution in [0.2, 0.25) is 0 Å². The molecule has 0 aliphatic rings. The van der Waals surface area contributed by atoms with E-state index in [2.05, 4.69) is 17.6 Å². The molecule has 0 fully saturated rings. The zero-order chi connectivity index (χ0) is 14.2. The lowest BCUT2D eigenvalue weighted by atomic mass is 10.1. The molecule has 4 nitrogen and oxygen atoms in total. The molecule has 0 atom stereocenters. The lowest BCUT2D eigenvalue weighted by Gasteiger charge is -2.06. The van der Waals surface area contributed by atoms with Crippen LogP contribution in [0.15, 0.2) is 0 Å². The van der Waals surface area contributed by atoms with Crippen LogP contribution in [0.3, 0.4) is 0 Å². The molecule has 0 spiro atoms. The summed E-state index contributed by atoms with van der Waals surface area (Å²) in [4.78, 5) is 11.3. The predicted molar refractivity (Wildman–Crippen MR) is 80.4 cm³/mol. The molecule has 0 heterocycles. The molecule has 0 aliphatic carbocycles. The standard InChI is InChI=1S/C15H32N2O2/c1-3-4-5-6-7-8-9-10-11-16-14-15(18)17-12-13-19-2/h16H,3-14H2,1-2H3,(H,17,18). The van der Waals surface area contributed by atoms with Crippen LogP contribution in [0.5, 0.6) is 0 Å². The van der Waals surface area contributed by atoms with Crippen molar-refractivity contribution in [2.24, 2.45) is 0 Å². The van der Waals surface area contributed by atoms with Gasteiger partial charge in [0.15, 0.2) is 0 Å². The van der Waals surface area contributed by atoms with E-state index in [1.165, 1.54) is 51.4 Å². The summed E-state index contributed by atoms with van der Waals surface area (Å²) in [6.07, 6.45) is 10.6. The van der Waals surface area contributed by atoms with Crippen molar-refractivity contribution in [3.8, 4) is 0 Å². The second kappa shape index (κ2) is 15.4. The number of amides is 1. The number of carbonyl (C=O) groups excluding carboxylic acids is 1. The smallest absolute Gasteiger partial charge is 0.234 e. The summed E-state index contributed by atoms with van der Waals surface area (Å²) < 4.78 is 4.86. The Morgan fingerprint density at radius 2 is 1.58 bits per heavy atom. The van der Waals surface area contributed by atoms with Crippen molar-refractivity contribution >= 4 is 5.91 Å².